The first-order chi connectivity index (χ1) is 16.8. The summed E-state index contributed by atoms with van der Waals surface area (Å²) >= 11 is 0. The third-order valence-electron chi connectivity index (χ3n) is 13.5. The second kappa shape index (κ2) is 8.13. The Morgan fingerprint density at radius 1 is 0.972 bits per heavy atom. The topological polar surface area (TPSA) is 115 Å². The standard InChI is InChI=1S/C30H46O6/c1-17(15-31)18-6-11-30(25(35)36)13-12-28(4)19(23(18)30)14-20(33)24-26(2)9-8-22(34)27(3,16-32)21(26)7-10-29(24,28)5/h16,18-24,31,33-34H,1,6-15H2,2-5H3,(H,35,36)/t18-,19+,20+,21+,22+,23+,24+,26-,27-,28+,29+,30-/m0/s1. The molecule has 5 saturated carbocycles. The molecule has 36 heavy (non-hydrogen) atoms. The number of hydrogen-bond donors (Lipinski definition) is 4. The second-order valence-corrected chi connectivity index (χ2v) is 14.3. The van der Waals surface area contributed by atoms with Gasteiger partial charge in [-0.05, 0) is 109 Å². The zero-order valence-corrected chi connectivity index (χ0v) is 22.5. The van der Waals surface area contributed by atoms with Crippen LogP contribution in [0, 0.1) is 56.7 Å². The van der Waals surface area contributed by atoms with Crippen molar-refractivity contribution in [3.63, 3.8) is 0 Å². The van der Waals surface area contributed by atoms with E-state index in [1.165, 1.54) is 0 Å². The van der Waals surface area contributed by atoms with E-state index >= 15 is 0 Å². The van der Waals surface area contributed by atoms with E-state index in [0.29, 0.717) is 25.7 Å². The summed E-state index contributed by atoms with van der Waals surface area (Å²) in [7, 11) is 0. The molecule has 12 atom stereocenters. The molecule has 0 aromatic rings. The molecule has 5 aliphatic carbocycles. The van der Waals surface area contributed by atoms with Crippen LogP contribution in [0.25, 0.3) is 0 Å². The molecule has 0 radical (unpaired) electrons. The van der Waals surface area contributed by atoms with Crippen LogP contribution in [0.5, 0.6) is 0 Å². The molecule has 0 heterocycles. The van der Waals surface area contributed by atoms with E-state index in [-0.39, 0.29) is 52.4 Å². The van der Waals surface area contributed by atoms with Gasteiger partial charge in [0.15, 0.2) is 0 Å². The van der Waals surface area contributed by atoms with Crippen molar-refractivity contribution in [2.75, 3.05) is 6.61 Å². The number of aliphatic hydroxyl groups excluding tert-OH is 3. The van der Waals surface area contributed by atoms with Gasteiger partial charge in [-0.3, -0.25) is 4.79 Å². The third kappa shape index (κ3) is 2.95. The minimum Gasteiger partial charge on any atom is -0.481 e. The summed E-state index contributed by atoms with van der Waals surface area (Å²) in [5.74, 6) is -0.897. The van der Waals surface area contributed by atoms with Gasteiger partial charge in [0.1, 0.15) is 6.29 Å². The lowest BCUT2D eigenvalue weighted by Crippen LogP contribution is -2.70. The largest absolute Gasteiger partial charge is 0.481 e. The van der Waals surface area contributed by atoms with Gasteiger partial charge in [-0.15, -0.1) is 0 Å². The Hall–Kier alpha value is -1.24. The van der Waals surface area contributed by atoms with Crippen molar-refractivity contribution in [2.45, 2.75) is 97.7 Å². The van der Waals surface area contributed by atoms with Crippen LogP contribution in [0.15, 0.2) is 12.2 Å². The Morgan fingerprint density at radius 2 is 1.67 bits per heavy atom. The van der Waals surface area contributed by atoms with Gasteiger partial charge >= 0.3 is 5.97 Å². The predicted octanol–water partition coefficient (Wildman–Crippen LogP) is 4.21. The van der Waals surface area contributed by atoms with Crippen molar-refractivity contribution in [2.24, 2.45) is 56.7 Å². The lowest BCUT2D eigenvalue weighted by molar-refractivity contribution is -0.274. The van der Waals surface area contributed by atoms with Crippen LogP contribution in [0.2, 0.25) is 0 Å². The van der Waals surface area contributed by atoms with E-state index in [4.69, 9.17) is 0 Å². The fraction of sp³-hybridized carbons (Fsp3) is 0.867. The number of carboxylic acid groups (broad SMARTS) is 1. The Labute approximate surface area is 215 Å². The number of fused-ring (bicyclic) bond motifs is 7. The molecule has 4 N–H and O–H groups in total. The summed E-state index contributed by atoms with van der Waals surface area (Å²) < 4.78 is 0. The zero-order valence-electron chi connectivity index (χ0n) is 22.5. The van der Waals surface area contributed by atoms with Gasteiger partial charge in [-0.1, -0.05) is 34.3 Å². The van der Waals surface area contributed by atoms with Crippen LogP contribution in [-0.4, -0.2) is 51.5 Å². The summed E-state index contributed by atoms with van der Waals surface area (Å²) in [4.78, 5) is 25.1. The number of carbonyl (C=O) groups is 2. The molecule has 202 valence electrons. The van der Waals surface area contributed by atoms with Gasteiger partial charge in [0.2, 0.25) is 0 Å². The fourth-order valence-corrected chi connectivity index (χ4v) is 11.5. The first-order valence-electron chi connectivity index (χ1n) is 14.1. The molecule has 0 bridgehead atoms. The molecule has 0 aromatic heterocycles. The van der Waals surface area contributed by atoms with Gasteiger partial charge in [0.25, 0.3) is 0 Å². The SMILES string of the molecule is C=C(CO)[C@@H]1CC[C@]2(C(=O)O)CC[C@]3(C)[C@H](C[C@@H](O)[C@@H]4[C@@]5(C)CC[C@@H](O)[C@@](C)(C=O)[C@@H]5CC[C@]43C)[C@@H]12. The smallest absolute Gasteiger partial charge is 0.309 e. The first-order valence-corrected chi connectivity index (χ1v) is 14.1. The van der Waals surface area contributed by atoms with Gasteiger partial charge < -0.3 is 25.2 Å². The van der Waals surface area contributed by atoms with Crippen molar-refractivity contribution < 1.29 is 30.0 Å². The van der Waals surface area contributed by atoms with Crippen molar-refractivity contribution in [3.8, 4) is 0 Å². The molecule has 0 aliphatic heterocycles. The lowest BCUT2D eigenvalue weighted by Gasteiger charge is -2.73. The first kappa shape index (κ1) is 26.4. The van der Waals surface area contributed by atoms with Crippen LogP contribution >= 0.6 is 0 Å². The van der Waals surface area contributed by atoms with E-state index in [2.05, 4.69) is 27.4 Å². The highest BCUT2D eigenvalue weighted by molar-refractivity contribution is 5.76. The monoisotopic (exact) mass is 502 g/mol. The molecule has 5 fully saturated rings. The minimum absolute atomic E-state index is 0.00854. The van der Waals surface area contributed by atoms with Crippen molar-refractivity contribution >= 4 is 12.3 Å². The van der Waals surface area contributed by atoms with Crippen LogP contribution < -0.4 is 0 Å². The molecule has 0 saturated heterocycles. The fourth-order valence-electron chi connectivity index (χ4n) is 11.5. The van der Waals surface area contributed by atoms with Crippen LogP contribution in [-0.2, 0) is 9.59 Å². The molecular weight excluding hydrogens is 456 g/mol. The van der Waals surface area contributed by atoms with E-state index in [0.717, 1.165) is 44.0 Å². The highest BCUT2D eigenvalue weighted by Crippen LogP contribution is 2.77. The molecule has 5 aliphatic rings. The summed E-state index contributed by atoms with van der Waals surface area (Å²) in [6.45, 7) is 12.8. The maximum atomic E-state index is 12.8. The Kier molecular flexibility index (Phi) is 5.95. The average molecular weight is 503 g/mol. The number of rotatable bonds is 4. The summed E-state index contributed by atoms with van der Waals surface area (Å²) in [5.41, 5.74) is -1.56. The van der Waals surface area contributed by atoms with E-state index in [1.807, 2.05) is 6.92 Å². The Morgan fingerprint density at radius 3 is 2.28 bits per heavy atom. The highest BCUT2D eigenvalue weighted by Gasteiger charge is 2.74. The highest BCUT2D eigenvalue weighted by atomic mass is 16.4. The Balaban J connectivity index is 1.61. The predicted molar refractivity (Wildman–Crippen MR) is 136 cm³/mol. The molecule has 0 unspecified atom stereocenters. The lowest BCUT2D eigenvalue weighted by atomic mass is 9.31. The van der Waals surface area contributed by atoms with E-state index in [9.17, 15) is 30.0 Å². The molecule has 5 rings (SSSR count). The molecular formula is C30H46O6. The normalized spacial score (nSPS) is 56.0. The molecule has 6 nitrogen and oxygen atoms in total. The van der Waals surface area contributed by atoms with Crippen molar-refractivity contribution in [1.82, 2.24) is 0 Å². The molecule has 0 amide bonds. The average Bonchev–Trinajstić information content (AvgIpc) is 3.23. The van der Waals surface area contributed by atoms with E-state index in [1.54, 1.807) is 0 Å². The van der Waals surface area contributed by atoms with Crippen molar-refractivity contribution in [3.05, 3.63) is 12.2 Å². The van der Waals surface area contributed by atoms with E-state index < -0.39 is 29.0 Å². The maximum absolute atomic E-state index is 12.8. The summed E-state index contributed by atoms with van der Waals surface area (Å²) in [6, 6.07) is 0. The van der Waals surface area contributed by atoms with Crippen LogP contribution in [0.4, 0.5) is 0 Å². The molecule has 6 heteroatoms. The zero-order chi connectivity index (χ0) is 26.5. The second-order valence-electron chi connectivity index (χ2n) is 14.3. The van der Waals surface area contributed by atoms with Gasteiger partial charge in [0.05, 0.1) is 29.6 Å². The number of carboxylic acids is 1. The van der Waals surface area contributed by atoms with Crippen LogP contribution in [0.3, 0.4) is 0 Å². The summed E-state index contributed by atoms with van der Waals surface area (Å²) in [6.07, 6.45) is 6.06. The number of carbonyl (C=O) groups excluding carboxylic acids is 1. The number of aliphatic carboxylic acids is 1. The minimum atomic E-state index is -0.817. The van der Waals surface area contributed by atoms with Gasteiger partial charge in [0, 0.05) is 0 Å². The molecule has 0 aromatic carbocycles. The maximum Gasteiger partial charge on any atom is 0.309 e. The van der Waals surface area contributed by atoms with Gasteiger partial charge in [-0.2, -0.15) is 0 Å². The quantitative estimate of drug-likeness (QED) is 0.338. The number of aliphatic hydroxyl groups is 3. The summed E-state index contributed by atoms with van der Waals surface area (Å²) in [5, 5.41) is 43.3. The van der Waals surface area contributed by atoms with Crippen molar-refractivity contribution in [1.29, 1.82) is 0 Å². The third-order valence-corrected chi connectivity index (χ3v) is 13.5. The molecule has 0 spiro atoms. The van der Waals surface area contributed by atoms with Crippen LogP contribution in [0.1, 0.15) is 85.5 Å². The van der Waals surface area contributed by atoms with Gasteiger partial charge in [-0.25, -0.2) is 0 Å². The number of hydrogen-bond acceptors (Lipinski definition) is 5. The Bertz CT molecular complexity index is 963. The number of aldehydes is 1.